The van der Waals surface area contributed by atoms with Gasteiger partial charge in [0.25, 0.3) is 0 Å². The molecule has 2 aliphatic heterocycles. The second-order valence-electron chi connectivity index (χ2n) is 6.16. The lowest BCUT2D eigenvalue weighted by molar-refractivity contribution is 0.444. The first-order chi connectivity index (χ1) is 10.1. The van der Waals surface area contributed by atoms with Crippen molar-refractivity contribution in [2.24, 2.45) is 5.92 Å². The molecule has 0 aromatic carbocycles. The Kier molecular flexibility index (Phi) is 4.17. The quantitative estimate of drug-likeness (QED) is 0.858. The molecule has 2 fully saturated rings. The van der Waals surface area contributed by atoms with Crippen LogP contribution in [0, 0.1) is 5.92 Å². The molecular formula is C15H23N3O2S. The maximum absolute atomic E-state index is 12.4. The summed E-state index contributed by atoms with van der Waals surface area (Å²) >= 11 is 0. The van der Waals surface area contributed by atoms with Crippen LogP contribution in [0.5, 0.6) is 0 Å². The molecule has 0 spiro atoms. The molecule has 3 heterocycles. The highest BCUT2D eigenvalue weighted by Gasteiger charge is 2.27. The van der Waals surface area contributed by atoms with Gasteiger partial charge in [0.2, 0.25) is 10.0 Å². The van der Waals surface area contributed by atoms with Gasteiger partial charge < -0.3 is 4.90 Å². The molecule has 0 aliphatic carbocycles. The van der Waals surface area contributed by atoms with Crippen LogP contribution in [0.3, 0.4) is 0 Å². The van der Waals surface area contributed by atoms with Crippen LogP contribution in [0.25, 0.3) is 0 Å². The number of anilines is 1. The minimum absolute atomic E-state index is 0.318. The zero-order valence-corrected chi connectivity index (χ0v) is 13.3. The van der Waals surface area contributed by atoms with Gasteiger partial charge in [-0.3, -0.25) is 0 Å². The Labute approximate surface area is 127 Å². The van der Waals surface area contributed by atoms with Gasteiger partial charge in [0, 0.05) is 32.4 Å². The number of rotatable bonds is 3. The van der Waals surface area contributed by atoms with Gasteiger partial charge in [-0.25, -0.2) is 13.4 Å². The van der Waals surface area contributed by atoms with Crippen molar-refractivity contribution in [2.75, 3.05) is 31.1 Å². The third-order valence-corrected chi connectivity index (χ3v) is 6.29. The Morgan fingerprint density at radius 1 is 1.14 bits per heavy atom. The van der Waals surface area contributed by atoms with Crippen molar-refractivity contribution < 1.29 is 8.42 Å². The zero-order valence-electron chi connectivity index (χ0n) is 12.5. The summed E-state index contributed by atoms with van der Waals surface area (Å²) in [5.74, 6) is 1.57. The van der Waals surface area contributed by atoms with E-state index in [4.69, 9.17) is 0 Å². The number of sulfonamides is 1. The summed E-state index contributed by atoms with van der Waals surface area (Å²) in [6.07, 6.45) is 5.86. The Balaban J connectivity index is 1.77. The molecule has 3 rings (SSSR count). The third-order valence-electron chi connectivity index (χ3n) is 4.40. The van der Waals surface area contributed by atoms with Crippen LogP contribution in [0.2, 0.25) is 0 Å². The summed E-state index contributed by atoms with van der Waals surface area (Å²) in [7, 11) is -3.34. The van der Waals surface area contributed by atoms with E-state index in [1.807, 2.05) is 6.07 Å². The smallest absolute Gasteiger partial charge is 0.244 e. The van der Waals surface area contributed by atoms with Crippen molar-refractivity contribution in [3.8, 4) is 0 Å². The van der Waals surface area contributed by atoms with Crippen LogP contribution in [0.4, 0.5) is 5.82 Å². The predicted molar refractivity (Wildman–Crippen MR) is 82.8 cm³/mol. The van der Waals surface area contributed by atoms with Crippen LogP contribution in [0.15, 0.2) is 23.2 Å². The van der Waals surface area contributed by atoms with Gasteiger partial charge in [0.05, 0.1) is 0 Å². The standard InChI is InChI=1S/C15H23N3O2S/c1-13-5-4-8-17(12-13)15-7-6-14(11-16-15)21(19,20)18-9-2-3-10-18/h6-7,11,13H,2-5,8-10,12H2,1H3. The molecule has 0 radical (unpaired) electrons. The molecule has 21 heavy (non-hydrogen) atoms. The van der Waals surface area contributed by atoms with E-state index in [1.165, 1.54) is 19.0 Å². The maximum atomic E-state index is 12.4. The van der Waals surface area contributed by atoms with Crippen molar-refractivity contribution in [3.63, 3.8) is 0 Å². The average molecular weight is 309 g/mol. The van der Waals surface area contributed by atoms with E-state index in [-0.39, 0.29) is 0 Å². The van der Waals surface area contributed by atoms with Gasteiger partial charge in [0.15, 0.2) is 0 Å². The molecular weight excluding hydrogens is 286 g/mol. The first kappa shape index (κ1) is 14.8. The molecule has 0 N–H and O–H groups in total. The highest BCUT2D eigenvalue weighted by Crippen LogP contribution is 2.24. The van der Waals surface area contributed by atoms with Gasteiger partial charge in [-0.1, -0.05) is 6.92 Å². The summed E-state index contributed by atoms with van der Waals surface area (Å²) in [5.41, 5.74) is 0. The molecule has 0 bridgehead atoms. The van der Waals surface area contributed by atoms with Gasteiger partial charge in [-0.2, -0.15) is 4.31 Å². The summed E-state index contributed by atoms with van der Waals surface area (Å²) in [5, 5.41) is 0. The SMILES string of the molecule is CC1CCCN(c2ccc(S(=O)(=O)N3CCCC3)cn2)C1. The average Bonchev–Trinajstić information content (AvgIpc) is 3.02. The number of hydrogen-bond donors (Lipinski definition) is 0. The lowest BCUT2D eigenvalue weighted by Crippen LogP contribution is -2.35. The van der Waals surface area contributed by atoms with E-state index < -0.39 is 10.0 Å². The molecule has 2 aliphatic rings. The van der Waals surface area contributed by atoms with E-state index in [1.54, 1.807) is 10.4 Å². The summed E-state index contributed by atoms with van der Waals surface area (Å²) in [4.78, 5) is 6.96. The Morgan fingerprint density at radius 2 is 1.90 bits per heavy atom. The Morgan fingerprint density at radius 3 is 2.52 bits per heavy atom. The van der Waals surface area contributed by atoms with E-state index in [0.29, 0.717) is 23.9 Å². The van der Waals surface area contributed by atoms with Crippen LogP contribution < -0.4 is 4.90 Å². The largest absolute Gasteiger partial charge is 0.356 e. The summed E-state index contributed by atoms with van der Waals surface area (Å²) in [6.45, 7) is 5.53. The molecule has 1 unspecified atom stereocenters. The zero-order chi connectivity index (χ0) is 14.9. The molecule has 1 aromatic heterocycles. The van der Waals surface area contributed by atoms with Gasteiger partial charge in [0.1, 0.15) is 10.7 Å². The van der Waals surface area contributed by atoms with Crippen molar-refractivity contribution >= 4 is 15.8 Å². The van der Waals surface area contributed by atoms with Crippen LogP contribution in [-0.4, -0.2) is 43.9 Å². The topological polar surface area (TPSA) is 53.5 Å². The highest BCUT2D eigenvalue weighted by atomic mass is 32.2. The Hall–Kier alpha value is -1.14. The van der Waals surface area contributed by atoms with Crippen LogP contribution in [0.1, 0.15) is 32.6 Å². The van der Waals surface area contributed by atoms with Crippen molar-refractivity contribution in [1.29, 1.82) is 0 Å². The monoisotopic (exact) mass is 309 g/mol. The molecule has 6 heteroatoms. The van der Waals surface area contributed by atoms with E-state index in [2.05, 4.69) is 16.8 Å². The van der Waals surface area contributed by atoms with E-state index in [9.17, 15) is 8.42 Å². The maximum Gasteiger partial charge on any atom is 0.244 e. The van der Waals surface area contributed by atoms with Crippen molar-refractivity contribution in [2.45, 2.75) is 37.5 Å². The second kappa shape index (κ2) is 5.93. The molecule has 1 atom stereocenters. The van der Waals surface area contributed by atoms with E-state index >= 15 is 0 Å². The molecule has 2 saturated heterocycles. The fourth-order valence-electron chi connectivity index (χ4n) is 3.19. The number of aromatic nitrogens is 1. The third kappa shape index (κ3) is 3.06. The highest BCUT2D eigenvalue weighted by molar-refractivity contribution is 7.89. The first-order valence-electron chi connectivity index (χ1n) is 7.78. The van der Waals surface area contributed by atoms with Crippen LogP contribution in [-0.2, 0) is 10.0 Å². The van der Waals surface area contributed by atoms with Gasteiger partial charge in [-0.05, 0) is 43.7 Å². The normalized spacial score (nSPS) is 24.4. The second-order valence-corrected chi connectivity index (χ2v) is 8.09. The minimum Gasteiger partial charge on any atom is -0.356 e. The fraction of sp³-hybridized carbons (Fsp3) is 0.667. The van der Waals surface area contributed by atoms with Crippen LogP contribution >= 0.6 is 0 Å². The molecule has 116 valence electrons. The predicted octanol–water partition coefficient (Wildman–Crippen LogP) is 2.10. The lowest BCUT2D eigenvalue weighted by Gasteiger charge is -2.31. The minimum atomic E-state index is -3.34. The number of pyridine rings is 1. The van der Waals surface area contributed by atoms with Gasteiger partial charge in [-0.15, -0.1) is 0 Å². The molecule has 0 saturated carbocycles. The Bertz CT molecular complexity index is 579. The first-order valence-corrected chi connectivity index (χ1v) is 9.22. The number of piperidine rings is 1. The lowest BCUT2D eigenvalue weighted by atomic mass is 10.0. The molecule has 5 nitrogen and oxygen atoms in total. The van der Waals surface area contributed by atoms with E-state index in [0.717, 1.165) is 31.7 Å². The number of hydrogen-bond acceptors (Lipinski definition) is 4. The van der Waals surface area contributed by atoms with Gasteiger partial charge >= 0.3 is 0 Å². The fourth-order valence-corrected chi connectivity index (χ4v) is 4.65. The summed E-state index contributed by atoms with van der Waals surface area (Å²) < 4.78 is 26.5. The summed E-state index contributed by atoms with van der Waals surface area (Å²) in [6, 6.07) is 3.55. The molecule has 1 aromatic rings. The van der Waals surface area contributed by atoms with Crippen molar-refractivity contribution in [3.05, 3.63) is 18.3 Å². The molecule has 0 amide bonds. The number of nitrogens with zero attached hydrogens (tertiary/aromatic N) is 3. The van der Waals surface area contributed by atoms with Crippen molar-refractivity contribution in [1.82, 2.24) is 9.29 Å².